The summed E-state index contributed by atoms with van der Waals surface area (Å²) < 4.78 is 6.06. The van der Waals surface area contributed by atoms with Gasteiger partial charge >= 0.3 is 5.69 Å². The summed E-state index contributed by atoms with van der Waals surface area (Å²) >= 11 is 3.22. The van der Waals surface area contributed by atoms with E-state index in [1.807, 2.05) is 0 Å². The SMILES string of the molecule is O=[N+]([O-])c1cncc(Br)c1OCC1CCNC1. The second kappa shape index (κ2) is 5.42. The van der Waals surface area contributed by atoms with Gasteiger partial charge in [0, 0.05) is 18.7 Å². The molecular weight excluding hydrogens is 290 g/mol. The molecule has 6 nitrogen and oxygen atoms in total. The summed E-state index contributed by atoms with van der Waals surface area (Å²) in [5.74, 6) is 0.673. The van der Waals surface area contributed by atoms with Crippen molar-refractivity contribution in [3.63, 3.8) is 0 Å². The first-order chi connectivity index (χ1) is 8.18. The zero-order chi connectivity index (χ0) is 12.3. The van der Waals surface area contributed by atoms with Gasteiger partial charge in [0.15, 0.2) is 0 Å². The molecule has 92 valence electrons. The van der Waals surface area contributed by atoms with Gasteiger partial charge in [-0.3, -0.25) is 15.1 Å². The monoisotopic (exact) mass is 301 g/mol. The number of nitrogens with one attached hydrogen (secondary N) is 1. The molecule has 0 aromatic carbocycles. The number of hydrogen-bond donors (Lipinski definition) is 1. The Kier molecular flexibility index (Phi) is 3.90. The minimum atomic E-state index is -0.486. The van der Waals surface area contributed by atoms with Gasteiger partial charge < -0.3 is 10.1 Å². The minimum absolute atomic E-state index is 0.106. The summed E-state index contributed by atoms with van der Waals surface area (Å²) in [5, 5.41) is 14.0. The third-order valence-corrected chi connectivity index (χ3v) is 3.22. The predicted octanol–water partition coefficient (Wildman–Crippen LogP) is 1.74. The summed E-state index contributed by atoms with van der Waals surface area (Å²) in [6.07, 6.45) is 3.73. The van der Waals surface area contributed by atoms with Gasteiger partial charge in [-0.1, -0.05) is 0 Å². The average molecular weight is 302 g/mol. The molecular formula is C10H12BrN3O3. The van der Waals surface area contributed by atoms with Crippen molar-refractivity contribution in [3.8, 4) is 5.75 Å². The van der Waals surface area contributed by atoms with E-state index in [9.17, 15) is 10.1 Å². The van der Waals surface area contributed by atoms with Crippen LogP contribution in [-0.4, -0.2) is 29.6 Å². The van der Waals surface area contributed by atoms with Crippen LogP contribution in [-0.2, 0) is 0 Å². The normalized spacial score (nSPS) is 19.2. The van der Waals surface area contributed by atoms with Crippen LogP contribution in [0.1, 0.15) is 6.42 Å². The molecule has 1 aliphatic rings. The van der Waals surface area contributed by atoms with Crippen LogP contribution in [0, 0.1) is 16.0 Å². The smallest absolute Gasteiger partial charge is 0.330 e. The zero-order valence-electron chi connectivity index (χ0n) is 9.06. The van der Waals surface area contributed by atoms with E-state index in [0.29, 0.717) is 17.0 Å². The van der Waals surface area contributed by atoms with E-state index in [-0.39, 0.29) is 11.4 Å². The average Bonchev–Trinajstić information content (AvgIpc) is 2.80. The fourth-order valence-corrected chi connectivity index (χ4v) is 2.18. The summed E-state index contributed by atoms with van der Waals surface area (Å²) in [6.45, 7) is 2.36. The minimum Gasteiger partial charge on any atom is -0.486 e. The largest absolute Gasteiger partial charge is 0.486 e. The first-order valence-corrected chi connectivity index (χ1v) is 6.09. The highest BCUT2D eigenvalue weighted by atomic mass is 79.9. The number of pyridine rings is 1. The second-order valence-corrected chi connectivity index (χ2v) is 4.75. The Bertz CT molecular complexity index is 421. The van der Waals surface area contributed by atoms with E-state index in [1.54, 1.807) is 0 Å². The van der Waals surface area contributed by atoms with Gasteiger partial charge in [0.1, 0.15) is 6.20 Å². The van der Waals surface area contributed by atoms with Crippen LogP contribution >= 0.6 is 15.9 Å². The molecule has 1 N–H and O–H groups in total. The van der Waals surface area contributed by atoms with Crippen LogP contribution in [0.5, 0.6) is 5.75 Å². The molecule has 0 saturated carbocycles. The molecule has 1 unspecified atom stereocenters. The van der Waals surface area contributed by atoms with Crippen molar-refractivity contribution in [1.29, 1.82) is 0 Å². The first-order valence-electron chi connectivity index (χ1n) is 5.30. The molecule has 1 aliphatic heterocycles. The van der Waals surface area contributed by atoms with Crippen LogP contribution in [0.3, 0.4) is 0 Å². The third-order valence-electron chi connectivity index (χ3n) is 2.66. The molecule has 0 bridgehead atoms. The maximum absolute atomic E-state index is 10.8. The lowest BCUT2D eigenvalue weighted by atomic mass is 10.1. The second-order valence-electron chi connectivity index (χ2n) is 3.90. The Morgan fingerprint density at radius 1 is 1.65 bits per heavy atom. The van der Waals surface area contributed by atoms with Crippen LogP contribution < -0.4 is 10.1 Å². The van der Waals surface area contributed by atoms with Gasteiger partial charge in [0.05, 0.1) is 16.0 Å². The fourth-order valence-electron chi connectivity index (χ4n) is 1.74. The van der Waals surface area contributed by atoms with Gasteiger partial charge in [-0.2, -0.15) is 0 Å². The molecule has 0 spiro atoms. The summed E-state index contributed by atoms with van der Waals surface area (Å²) in [4.78, 5) is 14.1. The molecule has 2 heterocycles. The lowest BCUT2D eigenvalue weighted by Gasteiger charge is -2.11. The number of nitro groups is 1. The number of ether oxygens (including phenoxy) is 1. The molecule has 0 amide bonds. The molecule has 17 heavy (non-hydrogen) atoms. The van der Waals surface area contributed by atoms with Crippen LogP contribution in [0.15, 0.2) is 16.9 Å². The Morgan fingerprint density at radius 3 is 3.12 bits per heavy atom. The van der Waals surface area contributed by atoms with Crippen LogP contribution in [0.25, 0.3) is 0 Å². The van der Waals surface area contributed by atoms with E-state index in [4.69, 9.17) is 4.74 Å². The predicted molar refractivity (Wildman–Crippen MR) is 65.1 cm³/mol. The number of nitrogens with zero attached hydrogens (tertiary/aromatic N) is 2. The molecule has 2 rings (SSSR count). The van der Waals surface area contributed by atoms with E-state index >= 15 is 0 Å². The first kappa shape index (κ1) is 12.3. The fraction of sp³-hybridized carbons (Fsp3) is 0.500. The maximum Gasteiger partial charge on any atom is 0.330 e. The van der Waals surface area contributed by atoms with Gasteiger partial charge in [0.2, 0.25) is 5.75 Å². The molecule has 7 heteroatoms. The van der Waals surface area contributed by atoms with E-state index in [1.165, 1.54) is 12.4 Å². The van der Waals surface area contributed by atoms with Crippen molar-refractivity contribution in [1.82, 2.24) is 10.3 Å². The molecule has 1 aromatic rings. The van der Waals surface area contributed by atoms with E-state index in [0.717, 1.165) is 19.5 Å². The third kappa shape index (κ3) is 2.92. The summed E-state index contributed by atoms with van der Waals surface area (Å²) in [7, 11) is 0. The highest BCUT2D eigenvalue weighted by Crippen LogP contribution is 2.34. The number of hydrogen-bond acceptors (Lipinski definition) is 5. The van der Waals surface area contributed by atoms with Crippen LogP contribution in [0.2, 0.25) is 0 Å². The summed E-state index contributed by atoms with van der Waals surface area (Å²) in [6, 6.07) is 0. The van der Waals surface area contributed by atoms with Crippen molar-refractivity contribution in [2.75, 3.05) is 19.7 Å². The van der Waals surface area contributed by atoms with Crippen molar-refractivity contribution in [2.24, 2.45) is 5.92 Å². The molecule has 1 atom stereocenters. The number of rotatable bonds is 4. The highest BCUT2D eigenvalue weighted by Gasteiger charge is 2.21. The molecule has 1 aromatic heterocycles. The van der Waals surface area contributed by atoms with Crippen LogP contribution in [0.4, 0.5) is 5.69 Å². The van der Waals surface area contributed by atoms with Crippen molar-refractivity contribution in [3.05, 3.63) is 27.0 Å². The number of aromatic nitrogens is 1. The maximum atomic E-state index is 10.8. The molecule has 0 aliphatic carbocycles. The Labute approximate surface area is 107 Å². The van der Waals surface area contributed by atoms with Crippen molar-refractivity contribution < 1.29 is 9.66 Å². The quantitative estimate of drug-likeness (QED) is 0.677. The Hall–Kier alpha value is -1.21. The highest BCUT2D eigenvalue weighted by molar-refractivity contribution is 9.10. The topological polar surface area (TPSA) is 77.3 Å². The molecule has 0 radical (unpaired) electrons. The summed E-state index contributed by atoms with van der Waals surface area (Å²) in [5.41, 5.74) is -0.106. The molecule has 1 saturated heterocycles. The standard InChI is InChI=1S/C10H12BrN3O3/c11-8-4-13-5-9(14(15)16)10(8)17-6-7-1-2-12-3-7/h4-5,7,12H,1-3,6H2. The van der Waals surface area contributed by atoms with E-state index < -0.39 is 4.92 Å². The Balaban J connectivity index is 2.10. The van der Waals surface area contributed by atoms with Gasteiger partial charge in [-0.25, -0.2) is 0 Å². The van der Waals surface area contributed by atoms with Gasteiger partial charge in [-0.05, 0) is 28.9 Å². The van der Waals surface area contributed by atoms with Crippen molar-refractivity contribution in [2.45, 2.75) is 6.42 Å². The lowest BCUT2D eigenvalue weighted by Crippen LogP contribution is -2.16. The van der Waals surface area contributed by atoms with Gasteiger partial charge in [-0.15, -0.1) is 0 Å². The molecule has 1 fully saturated rings. The van der Waals surface area contributed by atoms with Crippen molar-refractivity contribution >= 4 is 21.6 Å². The van der Waals surface area contributed by atoms with E-state index in [2.05, 4.69) is 26.2 Å². The zero-order valence-corrected chi connectivity index (χ0v) is 10.6. The Morgan fingerprint density at radius 2 is 2.47 bits per heavy atom. The number of halogens is 1. The van der Waals surface area contributed by atoms with Gasteiger partial charge in [0.25, 0.3) is 0 Å². The lowest BCUT2D eigenvalue weighted by molar-refractivity contribution is -0.386.